The number of halogens is 2. The molecule has 108 valence electrons. The Bertz CT molecular complexity index is 497. The lowest BCUT2D eigenvalue weighted by atomic mass is 9.89. The first-order chi connectivity index (χ1) is 9.65. The van der Waals surface area contributed by atoms with Gasteiger partial charge in [-0.25, -0.2) is 13.6 Å². The van der Waals surface area contributed by atoms with E-state index in [-0.39, 0.29) is 5.69 Å². The molecule has 1 aromatic rings. The summed E-state index contributed by atoms with van der Waals surface area (Å²) in [5, 5.41) is 4.86. The third-order valence-electron chi connectivity index (χ3n) is 3.41. The molecule has 0 atom stereocenters. The number of nitrogens with one attached hydrogen (secondary N) is 2. The number of carbonyl (C=O) groups is 1. The Balaban J connectivity index is 1.81. The zero-order valence-electron chi connectivity index (χ0n) is 11.2. The van der Waals surface area contributed by atoms with Crippen LogP contribution in [0.1, 0.15) is 32.1 Å². The summed E-state index contributed by atoms with van der Waals surface area (Å²) in [5.41, 5.74) is -0.0463. The molecular formula is C15H18F2N2O. The lowest BCUT2D eigenvalue weighted by Gasteiger charge is -2.17. The Kier molecular flexibility index (Phi) is 5.09. The van der Waals surface area contributed by atoms with Crippen LogP contribution in [-0.4, -0.2) is 6.03 Å². The van der Waals surface area contributed by atoms with Crippen LogP contribution in [-0.2, 0) is 0 Å². The van der Waals surface area contributed by atoms with Gasteiger partial charge in [-0.3, -0.25) is 0 Å². The molecule has 1 aromatic carbocycles. The minimum atomic E-state index is -0.795. The molecular weight excluding hydrogens is 262 g/mol. The average molecular weight is 280 g/mol. The van der Waals surface area contributed by atoms with E-state index in [0.717, 1.165) is 25.0 Å². The maximum atomic E-state index is 13.3. The second-order valence-electron chi connectivity index (χ2n) is 4.98. The lowest BCUT2D eigenvalue weighted by Crippen LogP contribution is -2.24. The molecule has 1 saturated carbocycles. The van der Waals surface area contributed by atoms with Gasteiger partial charge in [0.1, 0.15) is 11.6 Å². The molecule has 0 spiro atoms. The third-order valence-corrected chi connectivity index (χ3v) is 3.41. The Morgan fingerprint density at radius 1 is 1.20 bits per heavy atom. The fraction of sp³-hybridized carbons (Fsp3) is 0.400. The van der Waals surface area contributed by atoms with Crippen LogP contribution in [0, 0.1) is 17.6 Å². The second kappa shape index (κ2) is 7.03. The minimum Gasteiger partial charge on any atom is -0.315 e. The molecule has 2 N–H and O–H groups in total. The Labute approximate surface area is 117 Å². The van der Waals surface area contributed by atoms with Crippen LogP contribution < -0.4 is 10.6 Å². The zero-order chi connectivity index (χ0) is 14.4. The largest absolute Gasteiger partial charge is 0.323 e. The fourth-order valence-corrected chi connectivity index (χ4v) is 2.34. The second-order valence-corrected chi connectivity index (χ2v) is 4.98. The van der Waals surface area contributed by atoms with Crippen molar-refractivity contribution in [3.05, 3.63) is 42.1 Å². The molecule has 1 aliphatic carbocycles. The van der Waals surface area contributed by atoms with Crippen LogP contribution >= 0.6 is 0 Å². The van der Waals surface area contributed by atoms with E-state index in [9.17, 15) is 13.6 Å². The molecule has 0 heterocycles. The SMILES string of the molecule is O=C(N/C=C/C1CCCCC1)Nc1ccc(F)cc1F. The van der Waals surface area contributed by atoms with Gasteiger partial charge in [0.05, 0.1) is 5.69 Å². The van der Waals surface area contributed by atoms with E-state index >= 15 is 0 Å². The standard InChI is InChI=1S/C15H18F2N2O/c16-12-6-7-14(13(17)10-12)19-15(20)18-9-8-11-4-2-1-3-5-11/h6-11H,1-5H2,(H2,18,19,20)/b9-8+. The highest BCUT2D eigenvalue weighted by molar-refractivity contribution is 5.89. The highest BCUT2D eigenvalue weighted by Gasteiger charge is 2.10. The topological polar surface area (TPSA) is 41.1 Å². The predicted molar refractivity (Wildman–Crippen MR) is 74.2 cm³/mol. The number of allylic oxidation sites excluding steroid dienone is 1. The normalized spacial score (nSPS) is 16.3. The molecule has 5 heteroatoms. The molecule has 20 heavy (non-hydrogen) atoms. The van der Waals surface area contributed by atoms with Crippen molar-refractivity contribution in [3.63, 3.8) is 0 Å². The van der Waals surface area contributed by atoms with Crippen molar-refractivity contribution < 1.29 is 13.6 Å². The number of rotatable bonds is 3. The first kappa shape index (κ1) is 14.5. The van der Waals surface area contributed by atoms with Crippen LogP contribution in [0.25, 0.3) is 0 Å². The van der Waals surface area contributed by atoms with Crippen molar-refractivity contribution in [1.29, 1.82) is 0 Å². The molecule has 0 aliphatic heterocycles. The number of urea groups is 1. The Hall–Kier alpha value is -1.91. The van der Waals surface area contributed by atoms with Gasteiger partial charge in [0, 0.05) is 12.3 Å². The Morgan fingerprint density at radius 3 is 2.65 bits per heavy atom. The van der Waals surface area contributed by atoms with Gasteiger partial charge in [-0.1, -0.05) is 25.3 Å². The maximum absolute atomic E-state index is 13.3. The minimum absolute atomic E-state index is 0.0463. The molecule has 1 fully saturated rings. The van der Waals surface area contributed by atoms with E-state index in [4.69, 9.17) is 0 Å². The van der Waals surface area contributed by atoms with Gasteiger partial charge in [-0.2, -0.15) is 0 Å². The molecule has 1 aliphatic rings. The summed E-state index contributed by atoms with van der Waals surface area (Å²) in [7, 11) is 0. The summed E-state index contributed by atoms with van der Waals surface area (Å²) in [6.45, 7) is 0. The molecule has 0 bridgehead atoms. The molecule has 0 aromatic heterocycles. The summed E-state index contributed by atoms with van der Waals surface area (Å²) in [6.07, 6.45) is 9.58. The number of hydrogen-bond acceptors (Lipinski definition) is 1. The van der Waals surface area contributed by atoms with Crippen molar-refractivity contribution in [3.8, 4) is 0 Å². The average Bonchev–Trinajstić information content (AvgIpc) is 2.43. The van der Waals surface area contributed by atoms with Crippen LogP contribution in [0.3, 0.4) is 0 Å². The van der Waals surface area contributed by atoms with Crippen LogP contribution in [0.5, 0.6) is 0 Å². The van der Waals surface area contributed by atoms with Gasteiger partial charge in [0.15, 0.2) is 0 Å². The van der Waals surface area contributed by atoms with Crippen molar-refractivity contribution >= 4 is 11.7 Å². The van der Waals surface area contributed by atoms with E-state index in [0.29, 0.717) is 5.92 Å². The lowest BCUT2D eigenvalue weighted by molar-refractivity contribution is 0.255. The van der Waals surface area contributed by atoms with Gasteiger partial charge in [0.2, 0.25) is 0 Å². The predicted octanol–water partition coefficient (Wildman–Crippen LogP) is 4.18. The van der Waals surface area contributed by atoms with E-state index in [1.807, 2.05) is 6.08 Å². The molecule has 2 rings (SSSR count). The molecule has 0 saturated heterocycles. The summed E-state index contributed by atoms with van der Waals surface area (Å²) in [4.78, 5) is 11.6. The first-order valence-corrected chi connectivity index (χ1v) is 6.84. The summed E-state index contributed by atoms with van der Waals surface area (Å²) < 4.78 is 26.0. The van der Waals surface area contributed by atoms with Crippen molar-refractivity contribution in [2.45, 2.75) is 32.1 Å². The fourth-order valence-electron chi connectivity index (χ4n) is 2.34. The van der Waals surface area contributed by atoms with Crippen LogP contribution in [0.4, 0.5) is 19.3 Å². The Morgan fingerprint density at radius 2 is 1.95 bits per heavy atom. The molecule has 0 radical (unpaired) electrons. The number of amides is 2. The summed E-state index contributed by atoms with van der Waals surface area (Å²) in [5.74, 6) is -0.964. The van der Waals surface area contributed by atoms with Gasteiger partial charge in [-0.05, 0) is 30.9 Å². The summed E-state index contributed by atoms with van der Waals surface area (Å²) >= 11 is 0. The van der Waals surface area contributed by atoms with Gasteiger partial charge >= 0.3 is 6.03 Å². The highest BCUT2D eigenvalue weighted by atomic mass is 19.1. The molecule has 2 amide bonds. The highest BCUT2D eigenvalue weighted by Crippen LogP contribution is 2.24. The number of anilines is 1. The van der Waals surface area contributed by atoms with Crippen LogP contribution in [0.2, 0.25) is 0 Å². The number of hydrogen-bond donors (Lipinski definition) is 2. The molecule has 3 nitrogen and oxygen atoms in total. The van der Waals surface area contributed by atoms with E-state index in [1.165, 1.54) is 25.3 Å². The molecule has 0 unspecified atom stereocenters. The smallest absolute Gasteiger partial charge is 0.315 e. The van der Waals surface area contributed by atoms with Gasteiger partial charge < -0.3 is 10.6 Å². The third kappa shape index (κ3) is 4.33. The van der Waals surface area contributed by atoms with E-state index in [1.54, 1.807) is 6.20 Å². The van der Waals surface area contributed by atoms with Crippen molar-refractivity contribution in [2.75, 3.05) is 5.32 Å². The van der Waals surface area contributed by atoms with Crippen molar-refractivity contribution in [2.24, 2.45) is 5.92 Å². The van der Waals surface area contributed by atoms with Gasteiger partial charge in [0.25, 0.3) is 0 Å². The van der Waals surface area contributed by atoms with Crippen LogP contribution in [0.15, 0.2) is 30.5 Å². The summed E-state index contributed by atoms with van der Waals surface area (Å²) in [6, 6.07) is 2.47. The number of benzene rings is 1. The van der Waals surface area contributed by atoms with E-state index in [2.05, 4.69) is 10.6 Å². The van der Waals surface area contributed by atoms with Gasteiger partial charge in [-0.15, -0.1) is 0 Å². The quantitative estimate of drug-likeness (QED) is 0.856. The first-order valence-electron chi connectivity index (χ1n) is 6.84. The van der Waals surface area contributed by atoms with E-state index < -0.39 is 17.7 Å². The number of carbonyl (C=O) groups excluding carboxylic acids is 1. The zero-order valence-corrected chi connectivity index (χ0v) is 11.2. The maximum Gasteiger partial charge on any atom is 0.323 e. The van der Waals surface area contributed by atoms with Crippen molar-refractivity contribution in [1.82, 2.24) is 5.32 Å². The monoisotopic (exact) mass is 280 g/mol.